The van der Waals surface area contributed by atoms with E-state index in [4.69, 9.17) is 14.5 Å². The van der Waals surface area contributed by atoms with Crippen LogP contribution in [-0.2, 0) is 4.74 Å². The van der Waals surface area contributed by atoms with E-state index in [0.717, 1.165) is 41.8 Å². The van der Waals surface area contributed by atoms with Gasteiger partial charge in [0.2, 0.25) is 0 Å². The van der Waals surface area contributed by atoms with E-state index < -0.39 is 5.60 Å². The van der Waals surface area contributed by atoms with Crippen molar-refractivity contribution in [3.63, 3.8) is 0 Å². The van der Waals surface area contributed by atoms with E-state index in [-0.39, 0.29) is 12.1 Å². The van der Waals surface area contributed by atoms with E-state index in [2.05, 4.69) is 16.1 Å². The van der Waals surface area contributed by atoms with Crippen molar-refractivity contribution < 1.29 is 14.3 Å². The highest BCUT2D eigenvalue weighted by atomic mass is 16.6. The van der Waals surface area contributed by atoms with Crippen molar-refractivity contribution in [1.82, 2.24) is 19.5 Å². The lowest BCUT2D eigenvalue weighted by atomic mass is 10.0. The number of piperidine rings is 1. The summed E-state index contributed by atoms with van der Waals surface area (Å²) >= 11 is 0. The maximum absolute atomic E-state index is 12.5. The Morgan fingerprint density at radius 1 is 1.31 bits per heavy atom. The summed E-state index contributed by atoms with van der Waals surface area (Å²) < 4.78 is 12.9. The van der Waals surface area contributed by atoms with Gasteiger partial charge < -0.3 is 19.3 Å². The first kappa shape index (κ1) is 24.3. The lowest BCUT2D eigenvalue weighted by molar-refractivity contribution is 0.0209. The molecule has 0 spiro atoms. The molecule has 4 rings (SSSR count). The molecular weight excluding hydrogens is 444 g/mol. The molecule has 1 aliphatic heterocycles. The first-order chi connectivity index (χ1) is 16.7. The first-order valence-electron chi connectivity index (χ1n) is 11.9. The summed E-state index contributed by atoms with van der Waals surface area (Å²) in [6.45, 7) is 9.64. The fraction of sp³-hybridized carbons (Fsp3) is 0.462. The Kier molecular flexibility index (Phi) is 6.83. The van der Waals surface area contributed by atoms with Crippen LogP contribution >= 0.6 is 0 Å². The fourth-order valence-electron chi connectivity index (χ4n) is 4.34. The number of nitriles is 1. The molecular formula is C26H32N6O3. The number of aromatic nitrogens is 3. The average Bonchev–Trinajstić information content (AvgIpc) is 3.25. The molecule has 0 aromatic carbocycles. The van der Waals surface area contributed by atoms with Gasteiger partial charge in [-0.3, -0.25) is 0 Å². The number of hydrogen-bond donors (Lipinski definition) is 0. The molecule has 0 N–H and O–H groups in total. The Bertz CT molecular complexity index is 1240. The van der Waals surface area contributed by atoms with Crippen LogP contribution in [0.1, 0.15) is 46.1 Å². The third kappa shape index (κ3) is 5.32. The Labute approximate surface area is 205 Å². The van der Waals surface area contributed by atoms with Crippen molar-refractivity contribution in [2.45, 2.75) is 52.2 Å². The van der Waals surface area contributed by atoms with Crippen molar-refractivity contribution in [1.29, 1.82) is 5.26 Å². The molecule has 184 valence electrons. The van der Waals surface area contributed by atoms with Crippen molar-refractivity contribution >= 4 is 17.4 Å². The normalized spacial score (nSPS) is 16.1. The van der Waals surface area contributed by atoms with Gasteiger partial charge in [-0.2, -0.15) is 10.4 Å². The number of carbonyl (C=O) groups is 1. The minimum atomic E-state index is -0.525. The number of pyridine rings is 2. The van der Waals surface area contributed by atoms with Crippen molar-refractivity contribution in [3.8, 4) is 22.9 Å². The van der Waals surface area contributed by atoms with E-state index in [1.165, 1.54) is 0 Å². The summed E-state index contributed by atoms with van der Waals surface area (Å²) in [5.41, 5.74) is 2.41. The molecule has 0 saturated carbocycles. The number of anilines is 1. The summed E-state index contributed by atoms with van der Waals surface area (Å²) in [5, 5.41) is 13.9. The molecule has 1 fully saturated rings. The van der Waals surface area contributed by atoms with Crippen LogP contribution in [0.15, 0.2) is 36.8 Å². The lowest BCUT2D eigenvalue weighted by Gasteiger charge is -2.38. The molecule has 1 atom stereocenters. The third-order valence-electron chi connectivity index (χ3n) is 6.03. The van der Waals surface area contributed by atoms with E-state index in [0.29, 0.717) is 24.5 Å². The predicted octanol–water partition coefficient (Wildman–Crippen LogP) is 4.50. The van der Waals surface area contributed by atoms with Crippen LogP contribution in [0.2, 0.25) is 0 Å². The van der Waals surface area contributed by atoms with Gasteiger partial charge in [0.1, 0.15) is 23.2 Å². The minimum absolute atomic E-state index is 0.0487. The Hall–Kier alpha value is -3.80. The molecule has 0 unspecified atom stereocenters. The Morgan fingerprint density at radius 2 is 2.11 bits per heavy atom. The van der Waals surface area contributed by atoms with E-state index in [1.54, 1.807) is 28.9 Å². The molecule has 3 aromatic rings. The highest BCUT2D eigenvalue weighted by Crippen LogP contribution is 2.32. The maximum Gasteiger partial charge on any atom is 0.410 e. The molecule has 1 saturated heterocycles. The molecule has 4 heterocycles. The molecule has 0 aliphatic carbocycles. The van der Waals surface area contributed by atoms with Crippen LogP contribution in [-0.4, -0.2) is 64.0 Å². The lowest BCUT2D eigenvalue weighted by Crippen LogP contribution is -2.50. The molecule has 1 aliphatic rings. The molecule has 9 nitrogen and oxygen atoms in total. The summed E-state index contributed by atoms with van der Waals surface area (Å²) in [7, 11) is 1.80. The van der Waals surface area contributed by atoms with Gasteiger partial charge in [0.25, 0.3) is 0 Å². The quantitative estimate of drug-likeness (QED) is 0.535. The Morgan fingerprint density at radius 3 is 2.77 bits per heavy atom. The van der Waals surface area contributed by atoms with Crippen LogP contribution in [0.3, 0.4) is 0 Å². The standard InChI is InChI=1S/C26H32N6O3/c1-6-34-21-12-22(24-19(13-27)15-29-32(24)17-21)18-9-10-23(28-14-18)31-11-7-8-20(16-31)30(5)25(33)35-26(2,3)4/h9-10,12,14-15,17,20H,6-8,11,16H2,1-5H3/t20-/m0/s1. The van der Waals surface area contributed by atoms with Crippen LogP contribution in [0.5, 0.6) is 5.75 Å². The number of fused-ring (bicyclic) bond motifs is 1. The number of rotatable bonds is 5. The van der Waals surface area contributed by atoms with Gasteiger partial charge in [0.05, 0.1) is 36.1 Å². The molecule has 0 bridgehead atoms. The van der Waals surface area contributed by atoms with Crippen molar-refractivity contribution in [2.24, 2.45) is 0 Å². The molecule has 9 heteroatoms. The maximum atomic E-state index is 12.5. The summed E-state index contributed by atoms with van der Waals surface area (Å²) in [6.07, 6.45) is 6.73. The zero-order valence-corrected chi connectivity index (χ0v) is 21.0. The first-order valence-corrected chi connectivity index (χ1v) is 11.9. The van der Waals surface area contributed by atoms with Crippen LogP contribution in [0, 0.1) is 11.3 Å². The van der Waals surface area contributed by atoms with Gasteiger partial charge in [-0.15, -0.1) is 0 Å². The largest absolute Gasteiger partial charge is 0.492 e. The summed E-state index contributed by atoms with van der Waals surface area (Å²) in [5.74, 6) is 1.53. The number of likely N-dealkylation sites (N-methyl/N-ethyl adjacent to an activating group) is 1. The topological polar surface area (TPSA) is 96.0 Å². The molecule has 35 heavy (non-hydrogen) atoms. The number of hydrogen-bond acceptors (Lipinski definition) is 7. The van der Waals surface area contributed by atoms with Crippen molar-refractivity contribution in [2.75, 3.05) is 31.6 Å². The van der Waals surface area contributed by atoms with Gasteiger partial charge in [-0.25, -0.2) is 14.3 Å². The van der Waals surface area contributed by atoms with Crippen molar-refractivity contribution in [3.05, 3.63) is 42.4 Å². The second-order valence-corrected chi connectivity index (χ2v) is 9.72. The van der Waals surface area contributed by atoms with E-state index in [1.807, 2.05) is 52.1 Å². The highest BCUT2D eigenvalue weighted by molar-refractivity contribution is 5.85. The van der Waals surface area contributed by atoms with Gasteiger partial charge in [-0.1, -0.05) is 0 Å². The third-order valence-corrected chi connectivity index (χ3v) is 6.03. The van der Waals surface area contributed by atoms with Crippen LogP contribution in [0.4, 0.5) is 10.6 Å². The summed E-state index contributed by atoms with van der Waals surface area (Å²) in [4.78, 5) is 21.2. The Balaban J connectivity index is 1.57. The fourth-order valence-corrected chi connectivity index (χ4v) is 4.34. The second-order valence-electron chi connectivity index (χ2n) is 9.72. The van der Waals surface area contributed by atoms with Gasteiger partial charge in [0, 0.05) is 37.5 Å². The van der Waals surface area contributed by atoms with Gasteiger partial charge in [-0.05, 0) is 58.7 Å². The van der Waals surface area contributed by atoms with Gasteiger partial charge >= 0.3 is 6.09 Å². The number of nitrogens with zero attached hydrogens (tertiary/aromatic N) is 6. The van der Waals surface area contributed by atoms with Gasteiger partial charge in [0.15, 0.2) is 0 Å². The number of amides is 1. The monoisotopic (exact) mass is 476 g/mol. The number of carbonyl (C=O) groups excluding carboxylic acids is 1. The molecule has 3 aromatic heterocycles. The smallest absolute Gasteiger partial charge is 0.410 e. The SMILES string of the molecule is CCOc1cc(-c2ccc(N3CCC[C@H](N(C)C(=O)OC(C)(C)C)C3)nc2)c2c(C#N)cnn2c1. The summed E-state index contributed by atoms with van der Waals surface area (Å²) in [6, 6.07) is 8.17. The second kappa shape index (κ2) is 9.82. The average molecular weight is 477 g/mol. The van der Waals surface area contributed by atoms with E-state index >= 15 is 0 Å². The van der Waals surface area contributed by atoms with Crippen LogP contribution < -0.4 is 9.64 Å². The molecule has 1 amide bonds. The molecule has 0 radical (unpaired) electrons. The van der Waals surface area contributed by atoms with Crippen LogP contribution in [0.25, 0.3) is 16.6 Å². The van der Waals surface area contributed by atoms with E-state index in [9.17, 15) is 10.1 Å². The zero-order valence-electron chi connectivity index (χ0n) is 21.0. The highest BCUT2D eigenvalue weighted by Gasteiger charge is 2.29. The minimum Gasteiger partial charge on any atom is -0.492 e. The predicted molar refractivity (Wildman–Crippen MR) is 134 cm³/mol. The zero-order chi connectivity index (χ0) is 25.2. The number of ether oxygens (including phenoxy) is 2.